The van der Waals surface area contributed by atoms with E-state index in [2.05, 4.69) is 30.8 Å². The molecular formula is C34H40F2N8O4. The zero-order chi connectivity index (χ0) is 33.9. The molecule has 0 bridgehead atoms. The lowest BCUT2D eigenvalue weighted by molar-refractivity contribution is -0.126. The van der Waals surface area contributed by atoms with Crippen LogP contribution in [-0.4, -0.2) is 66.7 Å². The van der Waals surface area contributed by atoms with Crippen molar-refractivity contribution in [2.75, 3.05) is 18.5 Å². The summed E-state index contributed by atoms with van der Waals surface area (Å²) in [6, 6.07) is 5.35. The van der Waals surface area contributed by atoms with Crippen molar-refractivity contribution in [1.82, 2.24) is 34.9 Å². The molecule has 2 aliphatic rings. The van der Waals surface area contributed by atoms with E-state index in [4.69, 9.17) is 4.74 Å². The monoisotopic (exact) mass is 662 g/mol. The number of nitrogens with one attached hydrogen (secondary N) is 3. The fraction of sp³-hybridized carbons (Fsp3) is 0.471. The lowest BCUT2D eigenvalue weighted by atomic mass is 9.85. The van der Waals surface area contributed by atoms with Gasteiger partial charge >= 0.3 is 0 Å². The second-order valence-electron chi connectivity index (χ2n) is 12.7. The Labute approximate surface area is 276 Å². The van der Waals surface area contributed by atoms with Gasteiger partial charge in [-0.25, -0.2) is 18.7 Å². The number of hydrogen-bond acceptors (Lipinski definition) is 8. The number of amides is 2. The lowest BCUT2D eigenvalue weighted by Gasteiger charge is -2.35. The van der Waals surface area contributed by atoms with Crippen molar-refractivity contribution in [1.29, 1.82) is 0 Å². The van der Waals surface area contributed by atoms with Crippen LogP contribution >= 0.6 is 0 Å². The molecule has 3 N–H and O–H groups in total. The van der Waals surface area contributed by atoms with Crippen molar-refractivity contribution in [2.45, 2.75) is 84.5 Å². The molecule has 6 rings (SSSR count). The molecule has 0 unspecified atom stereocenters. The number of carbonyl (C=O) groups excluding carboxylic acids is 2. The Morgan fingerprint density at radius 3 is 2.79 bits per heavy atom. The van der Waals surface area contributed by atoms with Gasteiger partial charge in [-0.1, -0.05) is 19.8 Å². The summed E-state index contributed by atoms with van der Waals surface area (Å²) < 4.78 is 36.4. The molecule has 4 aromatic rings. The van der Waals surface area contributed by atoms with Crippen LogP contribution in [0, 0.1) is 17.6 Å². The van der Waals surface area contributed by atoms with Crippen LogP contribution in [0.4, 0.5) is 14.6 Å². The minimum absolute atomic E-state index is 0.0223. The molecule has 0 spiro atoms. The summed E-state index contributed by atoms with van der Waals surface area (Å²) in [5.41, 5.74) is 1.27. The maximum absolute atomic E-state index is 14.9. The van der Waals surface area contributed by atoms with E-state index in [1.807, 2.05) is 20.8 Å². The molecule has 1 saturated carbocycles. The first-order valence-electron chi connectivity index (χ1n) is 16.6. The van der Waals surface area contributed by atoms with Crippen LogP contribution in [0.1, 0.15) is 75.5 Å². The molecule has 12 nitrogen and oxygen atoms in total. The molecule has 2 atom stereocenters. The van der Waals surface area contributed by atoms with Crippen LogP contribution in [0.3, 0.4) is 0 Å². The van der Waals surface area contributed by atoms with E-state index in [-0.39, 0.29) is 64.9 Å². The highest BCUT2D eigenvalue weighted by Crippen LogP contribution is 2.30. The smallest absolute Gasteiger partial charge is 0.274 e. The summed E-state index contributed by atoms with van der Waals surface area (Å²) in [7, 11) is 0. The second kappa shape index (κ2) is 14.1. The highest BCUT2D eigenvalue weighted by atomic mass is 19.1. The molecule has 14 heteroatoms. The number of nitrogens with zero attached hydrogens (tertiary/aromatic N) is 5. The first-order chi connectivity index (χ1) is 23.1. The van der Waals surface area contributed by atoms with Crippen molar-refractivity contribution in [3.63, 3.8) is 0 Å². The Morgan fingerprint density at radius 1 is 1.17 bits per heavy atom. The lowest BCUT2D eigenvalue weighted by Crippen LogP contribution is -2.46. The number of H-pyrrole nitrogens is 1. The van der Waals surface area contributed by atoms with Gasteiger partial charge in [0.25, 0.3) is 5.91 Å². The number of unbranched alkanes of at least 4 members (excludes halogenated alkanes) is 1. The summed E-state index contributed by atoms with van der Waals surface area (Å²) >= 11 is 0. The number of fused-ring (bicyclic) bond motifs is 2. The molecular weight excluding hydrogens is 622 g/mol. The summed E-state index contributed by atoms with van der Waals surface area (Å²) in [6.45, 7) is 7.24. The van der Waals surface area contributed by atoms with Crippen LogP contribution in [0.2, 0.25) is 0 Å². The number of carbonyl (C=O) groups is 2. The Morgan fingerprint density at radius 2 is 2.00 bits per heavy atom. The van der Waals surface area contributed by atoms with Gasteiger partial charge in [0.05, 0.1) is 24.9 Å². The summed E-state index contributed by atoms with van der Waals surface area (Å²) in [4.78, 5) is 50.3. The second-order valence-corrected chi connectivity index (χ2v) is 12.7. The SMILES string of the molecule is CCCCOc1c2n(c(CNC(=O)[C@H]3CCC[C@@H](Nc4nc(-c5n[nH]c6ccc(F)cc56)ncc4F)C3)cc1=O)CCN(C(C)C)C2=O. The zero-order valence-electron chi connectivity index (χ0n) is 27.3. The largest absolute Gasteiger partial charge is 0.487 e. The highest BCUT2D eigenvalue weighted by molar-refractivity contribution is 5.96. The van der Waals surface area contributed by atoms with Crippen molar-refractivity contribution in [3.05, 3.63) is 63.7 Å². The van der Waals surface area contributed by atoms with Gasteiger partial charge in [-0.05, 0) is 57.7 Å². The average molecular weight is 663 g/mol. The predicted octanol–water partition coefficient (Wildman–Crippen LogP) is 4.79. The molecule has 4 heterocycles. The quantitative estimate of drug-likeness (QED) is 0.194. The number of ether oxygens (including phenoxy) is 1. The standard InChI is InChI=1S/C34H40F2N8O4/c1-4-5-13-48-30-27(45)16-23(44-12-11-43(19(2)3)34(47)29(30)44)17-38-33(46)20-7-6-8-22(14-20)39-31-25(36)18-37-32(40-31)28-24-15-21(35)9-10-26(24)41-42-28/h9-10,15-16,18-20,22H,4-8,11-14,17H2,1-3H3,(H,38,46)(H,41,42)(H,37,39,40)/t20-,22+/m0/s1. The third-order valence-corrected chi connectivity index (χ3v) is 9.06. The Kier molecular flexibility index (Phi) is 9.69. The molecule has 1 aliphatic heterocycles. The number of aromatic nitrogens is 5. The van der Waals surface area contributed by atoms with Gasteiger partial charge in [0.1, 0.15) is 11.5 Å². The van der Waals surface area contributed by atoms with Gasteiger partial charge in [-0.2, -0.15) is 5.10 Å². The number of hydrogen-bond donors (Lipinski definition) is 3. The van der Waals surface area contributed by atoms with Crippen molar-refractivity contribution >= 4 is 28.5 Å². The van der Waals surface area contributed by atoms with Gasteiger partial charge in [-0.3, -0.25) is 19.5 Å². The van der Waals surface area contributed by atoms with Crippen LogP contribution in [0.25, 0.3) is 22.4 Å². The van der Waals surface area contributed by atoms with Crippen LogP contribution in [-0.2, 0) is 17.9 Å². The van der Waals surface area contributed by atoms with Crippen molar-refractivity contribution < 1.29 is 23.1 Å². The summed E-state index contributed by atoms with van der Waals surface area (Å²) in [5.74, 6) is -1.73. The van der Waals surface area contributed by atoms with Gasteiger partial charge in [0.15, 0.2) is 28.9 Å². The van der Waals surface area contributed by atoms with Crippen LogP contribution in [0.5, 0.6) is 5.75 Å². The molecule has 0 radical (unpaired) electrons. The van der Waals surface area contributed by atoms with E-state index in [1.165, 1.54) is 18.2 Å². The van der Waals surface area contributed by atoms with Crippen molar-refractivity contribution in [3.8, 4) is 17.3 Å². The average Bonchev–Trinajstić information content (AvgIpc) is 3.49. The Hall–Kier alpha value is -4.88. The van der Waals surface area contributed by atoms with E-state index in [0.717, 1.165) is 25.5 Å². The van der Waals surface area contributed by atoms with Crippen LogP contribution in [0.15, 0.2) is 35.3 Å². The number of halogens is 2. The fourth-order valence-electron chi connectivity index (χ4n) is 6.50. The van der Waals surface area contributed by atoms with E-state index in [9.17, 15) is 23.2 Å². The van der Waals surface area contributed by atoms with Gasteiger partial charge in [-0.15, -0.1) is 0 Å². The number of benzene rings is 1. The molecule has 2 amide bonds. The summed E-state index contributed by atoms with van der Waals surface area (Å²) in [6.07, 6.45) is 5.21. The van der Waals surface area contributed by atoms with Crippen molar-refractivity contribution in [2.24, 2.45) is 5.92 Å². The number of rotatable bonds is 11. The molecule has 1 fully saturated rings. The number of anilines is 1. The third kappa shape index (κ3) is 6.74. The minimum atomic E-state index is -0.653. The van der Waals surface area contributed by atoms with E-state index in [0.29, 0.717) is 61.2 Å². The molecule has 1 aliphatic carbocycles. The van der Waals surface area contributed by atoms with Gasteiger partial charge in [0, 0.05) is 48.2 Å². The third-order valence-electron chi connectivity index (χ3n) is 9.06. The molecule has 254 valence electrons. The predicted molar refractivity (Wildman–Crippen MR) is 176 cm³/mol. The topological polar surface area (TPSA) is 147 Å². The minimum Gasteiger partial charge on any atom is -0.487 e. The Bertz CT molecular complexity index is 1890. The molecule has 3 aromatic heterocycles. The van der Waals surface area contributed by atoms with E-state index < -0.39 is 11.6 Å². The van der Waals surface area contributed by atoms with E-state index >= 15 is 0 Å². The summed E-state index contributed by atoms with van der Waals surface area (Å²) in [5, 5.41) is 13.6. The molecule has 48 heavy (non-hydrogen) atoms. The zero-order valence-corrected chi connectivity index (χ0v) is 27.3. The maximum Gasteiger partial charge on any atom is 0.274 e. The fourth-order valence-corrected chi connectivity index (χ4v) is 6.50. The van der Waals surface area contributed by atoms with Crippen LogP contribution < -0.4 is 20.8 Å². The van der Waals surface area contributed by atoms with E-state index in [1.54, 1.807) is 15.5 Å². The maximum atomic E-state index is 14.9. The molecule has 1 aromatic carbocycles. The number of pyridine rings is 1. The van der Waals surface area contributed by atoms with Gasteiger partial charge in [0.2, 0.25) is 11.3 Å². The Balaban J connectivity index is 1.15. The normalized spacial score (nSPS) is 17.9. The highest BCUT2D eigenvalue weighted by Gasteiger charge is 2.33. The number of aromatic amines is 1. The van der Waals surface area contributed by atoms with Gasteiger partial charge < -0.3 is 24.8 Å². The first-order valence-corrected chi connectivity index (χ1v) is 16.6. The molecule has 0 saturated heterocycles. The first kappa shape index (κ1) is 33.0.